The van der Waals surface area contributed by atoms with Crippen molar-refractivity contribution < 1.29 is 8.42 Å². The molecule has 114 valence electrons. The first kappa shape index (κ1) is 15.4. The Morgan fingerprint density at radius 2 is 2.25 bits per heavy atom. The zero-order chi connectivity index (χ0) is 14.4. The molecule has 8 nitrogen and oxygen atoms in total. The lowest BCUT2D eigenvalue weighted by molar-refractivity contribution is 0.444. The monoisotopic (exact) mass is 302 g/mol. The third kappa shape index (κ3) is 5.16. The highest BCUT2D eigenvalue weighted by molar-refractivity contribution is 7.87. The van der Waals surface area contributed by atoms with Gasteiger partial charge in [0.15, 0.2) is 0 Å². The standard InChI is InChI=1S/C11H22N6O2S/c1-17(8-2-6-12-10-3-4-10)20(18,19)15-7-5-11-13-9-14-16-11/h9-10,12,15H,2-8H2,1H3,(H,13,14,16). The highest BCUT2D eigenvalue weighted by Crippen LogP contribution is 2.18. The van der Waals surface area contributed by atoms with E-state index in [1.807, 2.05) is 0 Å². The fraction of sp³-hybridized carbons (Fsp3) is 0.818. The van der Waals surface area contributed by atoms with E-state index in [1.54, 1.807) is 7.05 Å². The van der Waals surface area contributed by atoms with Gasteiger partial charge in [0, 0.05) is 32.6 Å². The van der Waals surface area contributed by atoms with Gasteiger partial charge in [-0.05, 0) is 25.8 Å². The summed E-state index contributed by atoms with van der Waals surface area (Å²) in [6, 6.07) is 0.664. The van der Waals surface area contributed by atoms with E-state index in [0.29, 0.717) is 31.4 Å². The maximum atomic E-state index is 11.9. The predicted octanol–water partition coefficient (Wildman–Crippen LogP) is -0.744. The largest absolute Gasteiger partial charge is 0.314 e. The maximum absolute atomic E-state index is 11.9. The molecule has 0 radical (unpaired) electrons. The molecule has 0 bridgehead atoms. The van der Waals surface area contributed by atoms with Crippen LogP contribution in [0.1, 0.15) is 25.1 Å². The molecule has 0 amide bonds. The van der Waals surface area contributed by atoms with Gasteiger partial charge in [-0.3, -0.25) is 5.10 Å². The van der Waals surface area contributed by atoms with E-state index in [2.05, 4.69) is 25.2 Å². The second-order valence-electron chi connectivity index (χ2n) is 4.99. The van der Waals surface area contributed by atoms with Crippen LogP contribution in [0.15, 0.2) is 6.33 Å². The number of aromatic amines is 1. The van der Waals surface area contributed by atoms with Crippen molar-refractivity contribution in [2.24, 2.45) is 0 Å². The van der Waals surface area contributed by atoms with Crippen LogP contribution in [-0.2, 0) is 16.6 Å². The van der Waals surface area contributed by atoms with Crippen LogP contribution >= 0.6 is 0 Å². The van der Waals surface area contributed by atoms with Crippen molar-refractivity contribution in [2.45, 2.75) is 31.7 Å². The quantitative estimate of drug-likeness (QED) is 0.494. The van der Waals surface area contributed by atoms with Gasteiger partial charge >= 0.3 is 0 Å². The fourth-order valence-corrected chi connectivity index (χ4v) is 2.73. The lowest BCUT2D eigenvalue weighted by Crippen LogP contribution is -2.40. The minimum absolute atomic E-state index is 0.308. The topological polar surface area (TPSA) is 103 Å². The van der Waals surface area contributed by atoms with Gasteiger partial charge in [0.1, 0.15) is 12.2 Å². The Bertz CT molecular complexity index is 485. The van der Waals surface area contributed by atoms with Crippen LogP contribution in [0.2, 0.25) is 0 Å². The first-order valence-corrected chi connectivity index (χ1v) is 8.30. The van der Waals surface area contributed by atoms with E-state index in [0.717, 1.165) is 13.0 Å². The molecular weight excluding hydrogens is 280 g/mol. The summed E-state index contributed by atoms with van der Waals surface area (Å²) in [7, 11) is -1.81. The van der Waals surface area contributed by atoms with E-state index in [9.17, 15) is 8.42 Å². The fourth-order valence-electron chi connectivity index (χ4n) is 1.78. The normalized spacial score (nSPS) is 15.9. The summed E-state index contributed by atoms with van der Waals surface area (Å²) in [6.45, 7) is 1.68. The average molecular weight is 302 g/mol. The van der Waals surface area contributed by atoms with Crippen LogP contribution in [0.25, 0.3) is 0 Å². The van der Waals surface area contributed by atoms with Gasteiger partial charge in [0.05, 0.1) is 0 Å². The molecule has 2 rings (SSSR count). The lowest BCUT2D eigenvalue weighted by Gasteiger charge is -2.17. The van der Waals surface area contributed by atoms with Crippen molar-refractivity contribution in [2.75, 3.05) is 26.7 Å². The zero-order valence-corrected chi connectivity index (χ0v) is 12.5. The average Bonchev–Trinajstić information content (AvgIpc) is 3.09. The Morgan fingerprint density at radius 1 is 1.45 bits per heavy atom. The van der Waals surface area contributed by atoms with Crippen LogP contribution in [0.5, 0.6) is 0 Å². The first-order chi connectivity index (χ1) is 9.58. The molecule has 1 saturated carbocycles. The van der Waals surface area contributed by atoms with Crippen LogP contribution < -0.4 is 10.0 Å². The molecule has 0 saturated heterocycles. The summed E-state index contributed by atoms with van der Waals surface area (Å²) in [5, 5.41) is 9.77. The summed E-state index contributed by atoms with van der Waals surface area (Å²) < 4.78 is 27.8. The summed E-state index contributed by atoms with van der Waals surface area (Å²) >= 11 is 0. The number of nitrogens with zero attached hydrogens (tertiary/aromatic N) is 3. The van der Waals surface area contributed by atoms with E-state index >= 15 is 0 Å². The smallest absolute Gasteiger partial charge is 0.279 e. The second-order valence-corrected chi connectivity index (χ2v) is 6.85. The first-order valence-electron chi connectivity index (χ1n) is 6.86. The second kappa shape index (κ2) is 7.11. The molecule has 0 spiro atoms. The molecule has 1 aromatic heterocycles. The van der Waals surface area contributed by atoms with Gasteiger partial charge < -0.3 is 5.32 Å². The lowest BCUT2D eigenvalue weighted by atomic mass is 10.4. The van der Waals surface area contributed by atoms with E-state index < -0.39 is 10.2 Å². The Balaban J connectivity index is 1.62. The van der Waals surface area contributed by atoms with E-state index in [-0.39, 0.29) is 0 Å². The minimum atomic E-state index is -3.41. The minimum Gasteiger partial charge on any atom is -0.314 e. The van der Waals surface area contributed by atoms with Gasteiger partial charge in [-0.1, -0.05) is 0 Å². The SMILES string of the molecule is CN(CCCNC1CC1)S(=O)(=O)NCCc1ncn[nH]1. The van der Waals surface area contributed by atoms with Crippen LogP contribution in [0, 0.1) is 0 Å². The maximum Gasteiger partial charge on any atom is 0.279 e. The van der Waals surface area contributed by atoms with Gasteiger partial charge in [-0.15, -0.1) is 0 Å². The van der Waals surface area contributed by atoms with Crippen molar-refractivity contribution in [3.63, 3.8) is 0 Å². The highest BCUT2D eigenvalue weighted by Gasteiger charge is 2.20. The molecule has 1 fully saturated rings. The molecule has 3 N–H and O–H groups in total. The van der Waals surface area contributed by atoms with Crippen molar-refractivity contribution in [1.29, 1.82) is 0 Å². The number of hydrogen-bond acceptors (Lipinski definition) is 5. The van der Waals surface area contributed by atoms with Crippen molar-refractivity contribution in [3.8, 4) is 0 Å². The van der Waals surface area contributed by atoms with Crippen molar-refractivity contribution in [1.82, 2.24) is 29.5 Å². The van der Waals surface area contributed by atoms with Crippen LogP contribution in [0.4, 0.5) is 0 Å². The van der Waals surface area contributed by atoms with Gasteiger partial charge in [0.2, 0.25) is 0 Å². The van der Waals surface area contributed by atoms with Gasteiger partial charge in [0.25, 0.3) is 10.2 Å². The number of nitrogens with one attached hydrogen (secondary N) is 3. The molecule has 0 aromatic carbocycles. The summed E-state index contributed by atoms with van der Waals surface area (Å²) in [5.74, 6) is 0.670. The van der Waals surface area contributed by atoms with E-state index in [4.69, 9.17) is 0 Å². The summed E-state index contributed by atoms with van der Waals surface area (Å²) in [5.41, 5.74) is 0. The molecule has 0 aliphatic heterocycles. The Hall–Kier alpha value is -1.03. The highest BCUT2D eigenvalue weighted by atomic mass is 32.2. The van der Waals surface area contributed by atoms with Gasteiger partial charge in [-0.25, -0.2) is 9.71 Å². The Labute approximate surface area is 119 Å². The van der Waals surface area contributed by atoms with E-state index in [1.165, 1.54) is 23.5 Å². The molecule has 1 heterocycles. The third-order valence-corrected chi connectivity index (χ3v) is 4.75. The molecule has 0 unspecified atom stereocenters. The van der Waals surface area contributed by atoms with Crippen molar-refractivity contribution in [3.05, 3.63) is 12.2 Å². The summed E-state index contributed by atoms with van der Waals surface area (Å²) in [4.78, 5) is 3.94. The molecule has 0 atom stereocenters. The van der Waals surface area contributed by atoms with Crippen molar-refractivity contribution >= 4 is 10.2 Å². The van der Waals surface area contributed by atoms with Gasteiger partial charge in [-0.2, -0.15) is 17.8 Å². The molecule has 20 heavy (non-hydrogen) atoms. The Morgan fingerprint density at radius 3 is 2.90 bits per heavy atom. The number of aromatic nitrogens is 3. The van der Waals surface area contributed by atoms with Crippen LogP contribution in [0.3, 0.4) is 0 Å². The molecule has 9 heteroatoms. The molecular formula is C11H22N6O2S. The summed E-state index contributed by atoms with van der Waals surface area (Å²) in [6.07, 6.45) is 5.21. The molecule has 1 aromatic rings. The number of rotatable bonds is 10. The third-order valence-electron chi connectivity index (χ3n) is 3.18. The zero-order valence-electron chi connectivity index (χ0n) is 11.7. The van der Waals surface area contributed by atoms with Crippen LogP contribution in [-0.4, -0.2) is 60.6 Å². The number of hydrogen-bond donors (Lipinski definition) is 3. The molecule has 1 aliphatic carbocycles. The predicted molar refractivity (Wildman–Crippen MR) is 75.3 cm³/mol. The number of H-pyrrole nitrogens is 1. The Kier molecular flexibility index (Phi) is 5.46. The molecule has 1 aliphatic rings.